The zero-order valence-electron chi connectivity index (χ0n) is 12.0. The first-order valence-corrected chi connectivity index (χ1v) is 8.27. The number of halogens is 1. The van der Waals surface area contributed by atoms with Crippen LogP contribution in [-0.2, 0) is 4.79 Å². The molecule has 116 valence electrons. The second-order valence-corrected chi connectivity index (χ2v) is 6.61. The first-order valence-electron chi connectivity index (χ1n) is 7.02. The van der Waals surface area contributed by atoms with Gasteiger partial charge in [-0.15, -0.1) is 0 Å². The summed E-state index contributed by atoms with van der Waals surface area (Å²) in [6.45, 7) is 0. The molecule has 2 aromatic rings. The Hall–Kier alpha value is -2.11. The Balaban J connectivity index is 1.67. The largest absolute Gasteiger partial charge is 0.304 e. The van der Waals surface area contributed by atoms with Crippen molar-refractivity contribution in [3.05, 3.63) is 65.2 Å². The van der Waals surface area contributed by atoms with E-state index in [4.69, 9.17) is 11.6 Å². The predicted molar refractivity (Wildman–Crippen MR) is 93.5 cm³/mol. The summed E-state index contributed by atoms with van der Waals surface area (Å²) in [6.07, 6.45) is 0.131. The molecule has 1 heterocycles. The van der Waals surface area contributed by atoms with Gasteiger partial charge in [0.15, 0.2) is 11.0 Å². The van der Waals surface area contributed by atoms with Crippen LogP contribution in [0.5, 0.6) is 0 Å². The molecule has 0 spiro atoms. The highest BCUT2D eigenvalue weighted by Gasteiger charge is 2.32. The Labute approximate surface area is 143 Å². The summed E-state index contributed by atoms with van der Waals surface area (Å²) in [7, 11) is 0. The van der Waals surface area contributed by atoms with Crippen molar-refractivity contribution >= 4 is 45.9 Å². The van der Waals surface area contributed by atoms with Crippen LogP contribution in [0.2, 0.25) is 5.02 Å². The minimum atomic E-state index is -0.458. The molecular weight excluding hydrogens is 332 g/mol. The van der Waals surface area contributed by atoms with Crippen molar-refractivity contribution in [1.29, 1.82) is 0 Å². The van der Waals surface area contributed by atoms with Gasteiger partial charge in [0.25, 0.3) is 0 Å². The van der Waals surface area contributed by atoms with E-state index in [9.17, 15) is 9.59 Å². The third-order valence-corrected chi connectivity index (χ3v) is 4.63. The Morgan fingerprint density at radius 3 is 2.52 bits per heavy atom. The molecule has 3 rings (SSSR count). The number of benzene rings is 2. The fraction of sp³-hybridized carbons (Fsp3) is 0.118. The molecular formula is C17H13ClN2O2S. The summed E-state index contributed by atoms with van der Waals surface area (Å²) < 4.78 is 0. The SMILES string of the molecule is O=C(CC1SC(=Nc2ccccc2)NC1=O)c1ccc(Cl)cc1. The number of nitrogens with one attached hydrogen (secondary N) is 1. The Morgan fingerprint density at radius 1 is 1.13 bits per heavy atom. The summed E-state index contributed by atoms with van der Waals surface area (Å²) in [5.74, 6) is -0.276. The highest BCUT2D eigenvalue weighted by Crippen LogP contribution is 2.26. The molecule has 1 fully saturated rings. The van der Waals surface area contributed by atoms with Gasteiger partial charge in [-0.3, -0.25) is 9.59 Å². The predicted octanol–water partition coefficient (Wildman–Crippen LogP) is 3.83. The Bertz CT molecular complexity index is 760. The standard InChI is InChI=1S/C17H13ClN2O2S/c18-12-8-6-11(7-9-12)14(21)10-15-16(22)20-17(23-15)19-13-4-2-1-3-5-13/h1-9,15H,10H2,(H,19,20,22). The number of amidine groups is 1. The molecule has 4 nitrogen and oxygen atoms in total. The van der Waals surface area contributed by atoms with Gasteiger partial charge in [0.2, 0.25) is 5.91 Å². The molecule has 1 unspecified atom stereocenters. The van der Waals surface area contributed by atoms with E-state index in [2.05, 4.69) is 10.3 Å². The van der Waals surface area contributed by atoms with Crippen molar-refractivity contribution in [1.82, 2.24) is 5.32 Å². The lowest BCUT2D eigenvalue weighted by Gasteiger charge is -2.04. The zero-order chi connectivity index (χ0) is 16.2. The number of carbonyl (C=O) groups excluding carboxylic acids is 2. The van der Waals surface area contributed by atoms with E-state index in [-0.39, 0.29) is 18.1 Å². The fourth-order valence-electron chi connectivity index (χ4n) is 2.13. The van der Waals surface area contributed by atoms with Crippen LogP contribution in [0, 0.1) is 0 Å². The van der Waals surface area contributed by atoms with Crippen molar-refractivity contribution in [2.24, 2.45) is 4.99 Å². The normalized spacial score (nSPS) is 18.9. The number of nitrogens with zero attached hydrogens (tertiary/aromatic N) is 1. The molecule has 0 radical (unpaired) electrons. The second-order valence-electron chi connectivity index (χ2n) is 4.98. The fourth-order valence-corrected chi connectivity index (χ4v) is 3.25. The number of rotatable bonds is 4. The van der Waals surface area contributed by atoms with Gasteiger partial charge >= 0.3 is 0 Å². The van der Waals surface area contributed by atoms with Crippen molar-refractivity contribution in [3.8, 4) is 0 Å². The van der Waals surface area contributed by atoms with Gasteiger partial charge in [-0.1, -0.05) is 41.6 Å². The van der Waals surface area contributed by atoms with Crippen LogP contribution in [0.3, 0.4) is 0 Å². The number of hydrogen-bond donors (Lipinski definition) is 1. The van der Waals surface area contributed by atoms with Gasteiger partial charge < -0.3 is 5.32 Å². The average molecular weight is 345 g/mol. The highest BCUT2D eigenvalue weighted by molar-refractivity contribution is 8.15. The summed E-state index contributed by atoms with van der Waals surface area (Å²) in [5, 5.41) is 3.36. The summed E-state index contributed by atoms with van der Waals surface area (Å²) in [6, 6.07) is 16.0. The lowest BCUT2D eigenvalue weighted by atomic mass is 10.1. The maximum absolute atomic E-state index is 12.2. The number of carbonyl (C=O) groups is 2. The third kappa shape index (κ3) is 4.00. The van der Waals surface area contributed by atoms with Crippen molar-refractivity contribution in [2.45, 2.75) is 11.7 Å². The van der Waals surface area contributed by atoms with E-state index in [1.54, 1.807) is 24.3 Å². The number of para-hydroxylation sites is 1. The second kappa shape index (κ2) is 6.98. The summed E-state index contributed by atoms with van der Waals surface area (Å²) >= 11 is 7.09. The Kier molecular flexibility index (Phi) is 4.79. The minimum absolute atomic E-state index is 0.0877. The quantitative estimate of drug-likeness (QED) is 0.857. The van der Waals surface area contributed by atoms with E-state index in [1.807, 2.05) is 30.3 Å². The molecule has 6 heteroatoms. The lowest BCUT2D eigenvalue weighted by molar-refractivity contribution is -0.118. The van der Waals surface area contributed by atoms with Crippen LogP contribution < -0.4 is 5.32 Å². The van der Waals surface area contributed by atoms with Gasteiger partial charge in [-0.2, -0.15) is 0 Å². The van der Waals surface area contributed by atoms with Gasteiger partial charge in [-0.05, 0) is 36.4 Å². The molecule has 1 atom stereocenters. The molecule has 1 aliphatic heterocycles. The zero-order valence-corrected chi connectivity index (χ0v) is 13.6. The third-order valence-electron chi connectivity index (χ3n) is 3.30. The van der Waals surface area contributed by atoms with Crippen molar-refractivity contribution in [3.63, 3.8) is 0 Å². The molecule has 0 saturated carbocycles. The molecule has 1 saturated heterocycles. The number of Topliss-reactive ketones (excluding diaryl/α,β-unsaturated/α-hetero) is 1. The van der Waals surface area contributed by atoms with E-state index < -0.39 is 5.25 Å². The van der Waals surface area contributed by atoms with Crippen LogP contribution in [0.4, 0.5) is 5.69 Å². The van der Waals surface area contributed by atoms with Gasteiger partial charge in [0.05, 0.1) is 10.9 Å². The van der Waals surface area contributed by atoms with Crippen molar-refractivity contribution in [2.75, 3.05) is 0 Å². The molecule has 1 N–H and O–H groups in total. The van der Waals surface area contributed by atoms with Crippen LogP contribution in [-0.4, -0.2) is 22.1 Å². The number of ketones is 1. The molecule has 0 bridgehead atoms. The highest BCUT2D eigenvalue weighted by atomic mass is 35.5. The maximum Gasteiger partial charge on any atom is 0.240 e. The lowest BCUT2D eigenvalue weighted by Crippen LogP contribution is -2.26. The summed E-state index contributed by atoms with van der Waals surface area (Å²) in [5.41, 5.74) is 1.32. The Morgan fingerprint density at radius 2 is 1.83 bits per heavy atom. The van der Waals surface area contributed by atoms with E-state index >= 15 is 0 Å². The summed E-state index contributed by atoms with van der Waals surface area (Å²) in [4.78, 5) is 28.6. The smallest absolute Gasteiger partial charge is 0.240 e. The van der Waals surface area contributed by atoms with Crippen LogP contribution in [0.25, 0.3) is 0 Å². The van der Waals surface area contributed by atoms with Gasteiger partial charge in [0.1, 0.15) is 0 Å². The number of thioether (sulfide) groups is 1. The van der Waals surface area contributed by atoms with Gasteiger partial charge in [-0.25, -0.2) is 4.99 Å². The number of aliphatic imine (C=N–C) groups is 1. The molecule has 0 aromatic heterocycles. The molecule has 1 aliphatic rings. The van der Waals surface area contributed by atoms with Crippen LogP contribution in [0.15, 0.2) is 59.6 Å². The maximum atomic E-state index is 12.2. The minimum Gasteiger partial charge on any atom is -0.304 e. The first kappa shape index (κ1) is 15.8. The van der Waals surface area contributed by atoms with Crippen LogP contribution >= 0.6 is 23.4 Å². The number of hydrogen-bond acceptors (Lipinski definition) is 4. The topological polar surface area (TPSA) is 58.5 Å². The van der Waals surface area contributed by atoms with Crippen molar-refractivity contribution < 1.29 is 9.59 Å². The average Bonchev–Trinajstić information content (AvgIpc) is 2.88. The first-order chi connectivity index (χ1) is 11.1. The monoisotopic (exact) mass is 344 g/mol. The molecule has 23 heavy (non-hydrogen) atoms. The molecule has 1 amide bonds. The molecule has 0 aliphatic carbocycles. The molecule has 2 aromatic carbocycles. The van der Waals surface area contributed by atoms with E-state index in [0.29, 0.717) is 15.8 Å². The van der Waals surface area contributed by atoms with E-state index in [1.165, 1.54) is 11.8 Å². The van der Waals surface area contributed by atoms with Gasteiger partial charge in [0, 0.05) is 17.0 Å². The van der Waals surface area contributed by atoms with E-state index in [0.717, 1.165) is 5.69 Å². The van der Waals surface area contributed by atoms with Crippen LogP contribution in [0.1, 0.15) is 16.8 Å². The number of amides is 1.